The van der Waals surface area contributed by atoms with E-state index in [2.05, 4.69) is 40.3 Å². The second-order valence-electron chi connectivity index (χ2n) is 8.14. The minimum absolute atomic E-state index is 0.196. The fraction of sp³-hybridized carbons (Fsp3) is 0.700. The maximum atomic E-state index is 5.68. The molecule has 0 unspecified atom stereocenters. The number of aromatic nitrogens is 2. The normalized spacial score (nSPS) is 27.0. The number of nitrogens with zero attached hydrogens (tertiary/aromatic N) is 4. The highest BCUT2D eigenvalue weighted by Gasteiger charge is 2.45. The van der Waals surface area contributed by atoms with Gasteiger partial charge in [-0.3, -0.25) is 0 Å². The van der Waals surface area contributed by atoms with E-state index in [-0.39, 0.29) is 6.10 Å². The van der Waals surface area contributed by atoms with Gasteiger partial charge in [0.1, 0.15) is 5.82 Å². The molecule has 3 aliphatic rings. The van der Waals surface area contributed by atoms with Crippen molar-refractivity contribution in [2.24, 2.45) is 5.41 Å². The average Bonchev–Trinajstić information content (AvgIpc) is 3.37. The van der Waals surface area contributed by atoms with Gasteiger partial charge in [-0.1, -0.05) is 11.6 Å². The Balaban J connectivity index is 1.40. The molecule has 2 atom stereocenters. The summed E-state index contributed by atoms with van der Waals surface area (Å²) in [6, 6.07) is 2.36. The fourth-order valence-electron chi connectivity index (χ4n) is 4.30. The van der Waals surface area contributed by atoms with Crippen LogP contribution >= 0.6 is 0 Å². The first-order valence-electron chi connectivity index (χ1n) is 9.90. The molecule has 0 spiro atoms. The quantitative estimate of drug-likeness (QED) is 0.731. The van der Waals surface area contributed by atoms with Gasteiger partial charge in [-0.2, -0.15) is 4.98 Å². The molecule has 2 fully saturated rings. The monoisotopic (exact) mass is 373 g/mol. The molecule has 7 heteroatoms. The molecule has 0 radical (unpaired) electrons. The third kappa shape index (κ3) is 3.95. The minimum atomic E-state index is 0.196. The Hall–Kier alpha value is -1.70. The maximum Gasteiger partial charge on any atom is 0.224 e. The number of ether oxygens (including phenoxy) is 2. The Bertz CT molecular complexity index is 689. The second kappa shape index (κ2) is 7.73. The summed E-state index contributed by atoms with van der Waals surface area (Å²) in [5, 5.41) is 3.50. The second-order valence-corrected chi connectivity index (χ2v) is 8.14. The van der Waals surface area contributed by atoms with Gasteiger partial charge in [0.05, 0.1) is 25.4 Å². The summed E-state index contributed by atoms with van der Waals surface area (Å²) in [7, 11) is 6.00. The van der Waals surface area contributed by atoms with E-state index >= 15 is 0 Å². The van der Waals surface area contributed by atoms with Crippen LogP contribution in [0, 0.1) is 5.41 Å². The van der Waals surface area contributed by atoms with Crippen molar-refractivity contribution < 1.29 is 9.47 Å². The number of rotatable bonds is 7. The van der Waals surface area contributed by atoms with Crippen LogP contribution < -0.4 is 10.2 Å². The van der Waals surface area contributed by atoms with Gasteiger partial charge < -0.3 is 24.6 Å². The molecule has 1 aromatic rings. The molecule has 2 aliphatic heterocycles. The molecule has 1 saturated heterocycles. The van der Waals surface area contributed by atoms with Crippen LogP contribution in [0.1, 0.15) is 19.3 Å². The van der Waals surface area contributed by atoms with Crippen LogP contribution in [-0.2, 0) is 9.47 Å². The Morgan fingerprint density at radius 1 is 1.37 bits per heavy atom. The van der Waals surface area contributed by atoms with E-state index in [9.17, 15) is 0 Å². The topological polar surface area (TPSA) is 62.8 Å². The Labute approximate surface area is 161 Å². The predicted molar refractivity (Wildman–Crippen MR) is 106 cm³/mol. The third-order valence-corrected chi connectivity index (χ3v) is 6.25. The lowest BCUT2D eigenvalue weighted by Gasteiger charge is -2.24. The van der Waals surface area contributed by atoms with Crippen LogP contribution in [-0.4, -0.2) is 81.1 Å². The van der Waals surface area contributed by atoms with Crippen LogP contribution in [0.2, 0.25) is 0 Å². The summed E-state index contributed by atoms with van der Waals surface area (Å²) in [5.41, 5.74) is 1.85. The summed E-state index contributed by atoms with van der Waals surface area (Å²) in [6.45, 7) is 4.28. The maximum absolute atomic E-state index is 5.68. The molecule has 0 aromatic carbocycles. The van der Waals surface area contributed by atoms with Crippen LogP contribution in [0.25, 0.3) is 0 Å². The lowest BCUT2D eigenvalue weighted by Crippen LogP contribution is -2.39. The van der Waals surface area contributed by atoms with Crippen molar-refractivity contribution in [1.82, 2.24) is 14.9 Å². The lowest BCUT2D eigenvalue weighted by molar-refractivity contribution is 0.0639. The number of nitrogens with one attached hydrogen (secondary N) is 1. The van der Waals surface area contributed by atoms with Crippen LogP contribution in [0.5, 0.6) is 0 Å². The highest BCUT2D eigenvalue weighted by Crippen LogP contribution is 2.53. The van der Waals surface area contributed by atoms with Gasteiger partial charge in [-0.25, -0.2) is 4.98 Å². The van der Waals surface area contributed by atoms with Crippen LogP contribution in [0.3, 0.4) is 0 Å². The predicted octanol–water partition coefficient (Wildman–Crippen LogP) is 1.78. The van der Waals surface area contributed by atoms with Gasteiger partial charge in [-0.05, 0) is 39.4 Å². The first-order chi connectivity index (χ1) is 13.1. The van der Waals surface area contributed by atoms with E-state index < -0.39 is 0 Å². The van der Waals surface area contributed by atoms with Crippen molar-refractivity contribution in [2.75, 3.05) is 64.3 Å². The summed E-state index contributed by atoms with van der Waals surface area (Å²) in [5.74, 6) is 1.68. The summed E-state index contributed by atoms with van der Waals surface area (Å²) in [6.07, 6.45) is 7.87. The molecule has 4 rings (SSSR count). The van der Waals surface area contributed by atoms with Gasteiger partial charge in [-0.15, -0.1) is 0 Å². The van der Waals surface area contributed by atoms with Gasteiger partial charge in [0, 0.05) is 38.4 Å². The highest BCUT2D eigenvalue weighted by atomic mass is 16.5. The average molecular weight is 374 g/mol. The van der Waals surface area contributed by atoms with Crippen molar-refractivity contribution >= 4 is 11.8 Å². The number of anilines is 2. The summed E-state index contributed by atoms with van der Waals surface area (Å²) < 4.78 is 11.1. The van der Waals surface area contributed by atoms with E-state index in [1.807, 2.05) is 12.3 Å². The van der Waals surface area contributed by atoms with E-state index in [0.29, 0.717) is 17.4 Å². The first kappa shape index (κ1) is 18.7. The van der Waals surface area contributed by atoms with E-state index in [4.69, 9.17) is 14.5 Å². The van der Waals surface area contributed by atoms with Crippen molar-refractivity contribution in [3.63, 3.8) is 0 Å². The highest BCUT2D eigenvalue weighted by molar-refractivity contribution is 5.45. The first-order valence-corrected chi connectivity index (χ1v) is 9.90. The molecular weight excluding hydrogens is 342 g/mol. The molecule has 0 amide bonds. The molecule has 0 bridgehead atoms. The smallest absolute Gasteiger partial charge is 0.224 e. The summed E-state index contributed by atoms with van der Waals surface area (Å²) >= 11 is 0. The Morgan fingerprint density at radius 2 is 2.22 bits per heavy atom. The van der Waals surface area contributed by atoms with Crippen LogP contribution in [0.4, 0.5) is 11.8 Å². The minimum Gasteiger partial charge on any atom is -0.378 e. The molecule has 1 saturated carbocycles. The molecule has 1 aromatic heterocycles. The zero-order valence-electron chi connectivity index (χ0n) is 16.6. The Kier molecular flexibility index (Phi) is 5.34. The van der Waals surface area contributed by atoms with Crippen molar-refractivity contribution in [2.45, 2.75) is 31.4 Å². The zero-order valence-corrected chi connectivity index (χ0v) is 16.6. The zero-order chi connectivity index (χ0) is 18.9. The lowest BCUT2D eigenvalue weighted by atomic mass is 9.92. The third-order valence-electron chi connectivity index (χ3n) is 6.25. The van der Waals surface area contributed by atoms with Gasteiger partial charge in [0.2, 0.25) is 5.95 Å². The van der Waals surface area contributed by atoms with Crippen molar-refractivity contribution in [3.05, 3.63) is 23.9 Å². The molecule has 148 valence electrons. The van der Waals surface area contributed by atoms with E-state index in [1.54, 1.807) is 12.7 Å². The Morgan fingerprint density at radius 3 is 2.85 bits per heavy atom. The number of hydrogen-bond donors (Lipinski definition) is 1. The van der Waals surface area contributed by atoms with Crippen molar-refractivity contribution in [3.8, 4) is 0 Å². The molecular formula is C20H31N5O2. The van der Waals surface area contributed by atoms with Gasteiger partial charge >= 0.3 is 0 Å². The van der Waals surface area contributed by atoms with Gasteiger partial charge in [0.25, 0.3) is 0 Å². The number of hydrogen-bond acceptors (Lipinski definition) is 7. The van der Waals surface area contributed by atoms with E-state index in [0.717, 1.165) is 45.1 Å². The molecule has 27 heavy (non-hydrogen) atoms. The van der Waals surface area contributed by atoms with Gasteiger partial charge in [0.15, 0.2) is 0 Å². The van der Waals surface area contributed by atoms with E-state index in [1.165, 1.54) is 12.8 Å². The number of likely N-dealkylation sites (N-methyl/N-ethyl adjacent to an activating group) is 1. The molecule has 3 heterocycles. The fourth-order valence-corrected chi connectivity index (χ4v) is 4.30. The SMILES string of the molecule is CO[C@@H]1CN(c2ccnc(NCC3(C4=CCOCC4)CC3)n2)C[C@@H]1N(C)C. The number of methoxy groups -OCH3 is 1. The molecule has 1 N–H and O–H groups in total. The van der Waals surface area contributed by atoms with Crippen molar-refractivity contribution in [1.29, 1.82) is 0 Å². The molecule has 1 aliphatic carbocycles. The standard InChI is InChI=1S/C20H31N5O2/c1-24(2)16-12-25(13-17(16)26-3)18-4-9-21-19(23-18)22-14-20(7-8-20)15-5-10-27-11-6-15/h4-5,9,16-17H,6-8,10-14H2,1-3H3,(H,21,22,23)/t16-,17+/m0/s1. The summed E-state index contributed by atoms with van der Waals surface area (Å²) in [4.78, 5) is 13.7. The largest absolute Gasteiger partial charge is 0.378 e. The molecule has 7 nitrogen and oxygen atoms in total. The van der Waals surface area contributed by atoms with Crippen LogP contribution in [0.15, 0.2) is 23.9 Å².